The summed E-state index contributed by atoms with van der Waals surface area (Å²) in [6, 6.07) is 5.16. The number of hydrogen-bond acceptors (Lipinski definition) is 0. The van der Waals surface area contributed by atoms with Gasteiger partial charge in [-0.3, -0.25) is 0 Å². The molecule has 0 atom stereocenters. The Kier molecular flexibility index (Phi) is 2.74. The molecule has 0 heterocycles. The lowest BCUT2D eigenvalue weighted by atomic mass is 9.86. The minimum Gasteiger partial charge on any atom is -0.207 e. The van der Waals surface area contributed by atoms with Crippen LogP contribution in [-0.2, 0) is 11.8 Å². The maximum atomic E-state index is 13.1. The first-order chi connectivity index (χ1) is 5.93. The van der Waals surface area contributed by atoms with E-state index in [4.69, 9.17) is 0 Å². The van der Waals surface area contributed by atoms with Crippen LogP contribution >= 0.6 is 0 Å². The largest absolute Gasteiger partial charge is 0.207 e. The Labute approximate surface area is 79.8 Å². The third-order valence-corrected chi connectivity index (χ3v) is 2.11. The average molecular weight is 179 g/mol. The molecule has 1 aromatic carbocycles. The van der Waals surface area contributed by atoms with Gasteiger partial charge in [0, 0.05) is 0 Å². The van der Waals surface area contributed by atoms with Crippen molar-refractivity contribution in [1.29, 1.82) is 0 Å². The lowest BCUT2D eigenvalue weighted by Gasteiger charge is -2.19. The number of benzene rings is 1. The third-order valence-electron chi connectivity index (χ3n) is 2.11. The Balaban J connectivity index is 3.16. The predicted molar refractivity (Wildman–Crippen MR) is 54.2 cm³/mol. The molecule has 0 saturated carbocycles. The Bertz CT molecular complexity index is 294. The van der Waals surface area contributed by atoms with Crippen LogP contribution in [0, 0.1) is 12.7 Å². The lowest BCUT2D eigenvalue weighted by Crippen LogP contribution is -2.11. The first-order valence-electron chi connectivity index (χ1n) is 4.52. The van der Waals surface area contributed by atoms with Gasteiger partial charge in [-0.15, -0.1) is 0 Å². The Hall–Kier alpha value is -0.850. The van der Waals surface area contributed by atoms with Crippen LogP contribution in [0.25, 0.3) is 0 Å². The molecular formula is C12H16F. The smallest absolute Gasteiger partial charge is 0.123 e. The van der Waals surface area contributed by atoms with Crippen molar-refractivity contribution in [3.8, 4) is 0 Å². The standard InChI is InChI=1S/C12H16F/c1-5-9-6-10(12(2,3)4)8-11(13)7-9/h6-8H,1,5H2,2-4H3. The summed E-state index contributed by atoms with van der Waals surface area (Å²) in [5, 5.41) is 0. The number of rotatable bonds is 1. The van der Waals surface area contributed by atoms with Crippen LogP contribution in [0.4, 0.5) is 4.39 Å². The highest BCUT2D eigenvalue weighted by atomic mass is 19.1. The highest BCUT2D eigenvalue weighted by Gasteiger charge is 2.14. The first-order valence-corrected chi connectivity index (χ1v) is 4.52. The second-order valence-corrected chi connectivity index (χ2v) is 4.35. The van der Waals surface area contributed by atoms with Gasteiger partial charge < -0.3 is 0 Å². The van der Waals surface area contributed by atoms with Gasteiger partial charge in [-0.2, -0.15) is 0 Å². The van der Waals surface area contributed by atoms with Crippen molar-refractivity contribution >= 4 is 0 Å². The van der Waals surface area contributed by atoms with Crippen molar-refractivity contribution in [2.75, 3.05) is 0 Å². The van der Waals surface area contributed by atoms with Crippen molar-refractivity contribution in [1.82, 2.24) is 0 Å². The molecule has 0 bridgehead atoms. The molecule has 1 rings (SSSR count). The molecule has 71 valence electrons. The van der Waals surface area contributed by atoms with Gasteiger partial charge in [0.2, 0.25) is 0 Å². The minimum atomic E-state index is -0.161. The van der Waals surface area contributed by atoms with Gasteiger partial charge in [-0.25, -0.2) is 4.39 Å². The fraction of sp³-hybridized carbons (Fsp3) is 0.417. The second-order valence-electron chi connectivity index (χ2n) is 4.35. The summed E-state index contributed by atoms with van der Waals surface area (Å²) in [7, 11) is 0. The molecule has 0 aromatic heterocycles. The van der Waals surface area contributed by atoms with Gasteiger partial charge in [0.05, 0.1) is 0 Å². The van der Waals surface area contributed by atoms with E-state index < -0.39 is 0 Å². The molecule has 1 aromatic rings. The molecule has 0 fully saturated rings. The molecule has 0 aliphatic rings. The number of halogens is 1. The summed E-state index contributed by atoms with van der Waals surface area (Å²) < 4.78 is 13.1. The zero-order valence-electron chi connectivity index (χ0n) is 8.52. The van der Waals surface area contributed by atoms with Gasteiger partial charge >= 0.3 is 0 Å². The fourth-order valence-corrected chi connectivity index (χ4v) is 1.23. The van der Waals surface area contributed by atoms with Gasteiger partial charge in [-0.05, 0) is 42.0 Å². The number of hydrogen-bond donors (Lipinski definition) is 0. The van der Waals surface area contributed by atoms with E-state index >= 15 is 0 Å². The van der Waals surface area contributed by atoms with E-state index in [1.54, 1.807) is 12.1 Å². The second kappa shape index (κ2) is 3.49. The van der Waals surface area contributed by atoms with Crippen molar-refractivity contribution < 1.29 is 4.39 Å². The predicted octanol–water partition coefficient (Wildman–Crippen LogP) is 3.50. The molecule has 0 saturated heterocycles. The van der Waals surface area contributed by atoms with Crippen molar-refractivity contribution in [2.45, 2.75) is 32.6 Å². The molecule has 1 radical (unpaired) electrons. The van der Waals surface area contributed by atoms with E-state index in [0.717, 1.165) is 11.1 Å². The van der Waals surface area contributed by atoms with Crippen LogP contribution in [0.3, 0.4) is 0 Å². The van der Waals surface area contributed by atoms with Gasteiger partial charge in [0.15, 0.2) is 0 Å². The molecule has 0 aliphatic heterocycles. The fourth-order valence-electron chi connectivity index (χ4n) is 1.23. The summed E-state index contributed by atoms with van der Waals surface area (Å²) >= 11 is 0. The van der Waals surface area contributed by atoms with Crippen molar-refractivity contribution in [3.05, 3.63) is 42.1 Å². The molecule has 0 unspecified atom stereocenters. The van der Waals surface area contributed by atoms with E-state index in [2.05, 4.69) is 27.7 Å². The van der Waals surface area contributed by atoms with E-state index in [-0.39, 0.29) is 11.2 Å². The van der Waals surface area contributed by atoms with E-state index in [0.29, 0.717) is 6.42 Å². The molecule has 0 spiro atoms. The SMILES string of the molecule is [CH2]Cc1cc(F)cc(C(C)(C)C)c1. The normalized spacial score (nSPS) is 11.8. The zero-order chi connectivity index (χ0) is 10.1. The lowest BCUT2D eigenvalue weighted by molar-refractivity contribution is 0.570. The van der Waals surface area contributed by atoms with Crippen LogP contribution in [0.15, 0.2) is 18.2 Å². The molecule has 0 aliphatic carbocycles. The molecule has 1 heteroatoms. The van der Waals surface area contributed by atoms with Crippen LogP contribution in [-0.4, -0.2) is 0 Å². The minimum absolute atomic E-state index is 0.00597. The highest BCUT2D eigenvalue weighted by molar-refractivity contribution is 5.29. The van der Waals surface area contributed by atoms with Gasteiger partial charge in [0.1, 0.15) is 5.82 Å². The Morgan fingerprint density at radius 2 is 1.85 bits per heavy atom. The quantitative estimate of drug-likeness (QED) is 0.619. The van der Waals surface area contributed by atoms with Crippen molar-refractivity contribution in [3.63, 3.8) is 0 Å². The summed E-state index contributed by atoms with van der Waals surface area (Å²) in [4.78, 5) is 0. The molecule has 0 nitrogen and oxygen atoms in total. The molecule has 13 heavy (non-hydrogen) atoms. The van der Waals surface area contributed by atoms with Crippen LogP contribution in [0.5, 0.6) is 0 Å². The third kappa shape index (κ3) is 2.55. The van der Waals surface area contributed by atoms with Crippen LogP contribution in [0.1, 0.15) is 31.9 Å². The Morgan fingerprint density at radius 1 is 1.23 bits per heavy atom. The summed E-state index contributed by atoms with van der Waals surface area (Å²) in [6.07, 6.45) is 0.640. The van der Waals surface area contributed by atoms with E-state index in [1.165, 1.54) is 0 Å². The first kappa shape index (κ1) is 10.2. The average Bonchev–Trinajstić information content (AvgIpc) is 2.01. The van der Waals surface area contributed by atoms with Crippen LogP contribution < -0.4 is 0 Å². The van der Waals surface area contributed by atoms with E-state index in [9.17, 15) is 4.39 Å². The topological polar surface area (TPSA) is 0 Å². The Morgan fingerprint density at radius 3 is 2.31 bits per heavy atom. The summed E-state index contributed by atoms with van der Waals surface area (Å²) in [5.74, 6) is -0.161. The van der Waals surface area contributed by atoms with Crippen molar-refractivity contribution in [2.24, 2.45) is 0 Å². The summed E-state index contributed by atoms with van der Waals surface area (Å²) in [5.41, 5.74) is 2.00. The zero-order valence-corrected chi connectivity index (χ0v) is 8.52. The summed E-state index contributed by atoms with van der Waals surface area (Å²) in [6.45, 7) is 9.99. The maximum Gasteiger partial charge on any atom is 0.123 e. The molecule has 0 N–H and O–H groups in total. The molecule has 0 amide bonds. The van der Waals surface area contributed by atoms with E-state index in [1.807, 2.05) is 6.07 Å². The molecular weight excluding hydrogens is 163 g/mol. The maximum absolute atomic E-state index is 13.1. The van der Waals surface area contributed by atoms with Crippen LogP contribution in [0.2, 0.25) is 0 Å². The highest BCUT2D eigenvalue weighted by Crippen LogP contribution is 2.24. The van der Waals surface area contributed by atoms with Gasteiger partial charge in [-0.1, -0.05) is 26.8 Å². The van der Waals surface area contributed by atoms with Gasteiger partial charge in [0.25, 0.3) is 0 Å². The monoisotopic (exact) mass is 179 g/mol.